The predicted octanol–water partition coefficient (Wildman–Crippen LogP) is 4.28. The third-order valence-electron chi connectivity index (χ3n) is 2.85. The minimum atomic E-state index is -0.497. The minimum Gasteiger partial charge on any atom is -0.483 e. The molecule has 0 spiro atoms. The number of benzene rings is 1. The van der Waals surface area contributed by atoms with Crippen molar-refractivity contribution in [3.05, 3.63) is 51.9 Å². The van der Waals surface area contributed by atoms with E-state index < -0.39 is 5.97 Å². The van der Waals surface area contributed by atoms with E-state index in [9.17, 15) is 4.79 Å². The molecule has 5 heteroatoms. The second-order valence-corrected chi connectivity index (χ2v) is 5.28. The number of rotatable bonds is 4. The lowest BCUT2D eigenvalue weighted by atomic mass is 10.2. The van der Waals surface area contributed by atoms with E-state index in [4.69, 9.17) is 9.15 Å². The van der Waals surface area contributed by atoms with Crippen LogP contribution >= 0.6 is 15.9 Å². The number of esters is 1. The van der Waals surface area contributed by atoms with Crippen LogP contribution in [-0.2, 0) is 4.74 Å². The number of furan rings is 1. The normalized spacial score (nSPS) is 12.0. The molecule has 2 rings (SSSR count). The lowest BCUT2D eigenvalue weighted by Gasteiger charge is -2.14. The molecule has 0 aliphatic carbocycles. The Morgan fingerprint density at radius 1 is 1.30 bits per heavy atom. The van der Waals surface area contributed by atoms with Crippen molar-refractivity contribution in [3.8, 4) is 5.75 Å². The summed E-state index contributed by atoms with van der Waals surface area (Å²) in [4.78, 5) is 11.3. The highest BCUT2D eigenvalue weighted by Crippen LogP contribution is 2.28. The summed E-state index contributed by atoms with van der Waals surface area (Å²) >= 11 is 3.41. The molecule has 0 radical (unpaired) electrons. The summed E-state index contributed by atoms with van der Waals surface area (Å²) in [6.07, 6.45) is -0.298. The number of hydrogen-bond acceptors (Lipinski definition) is 4. The van der Waals surface area contributed by atoms with Crippen LogP contribution in [-0.4, -0.2) is 13.1 Å². The van der Waals surface area contributed by atoms with Gasteiger partial charge in [-0.25, -0.2) is 4.79 Å². The molecule has 0 fully saturated rings. The number of hydrogen-bond donors (Lipinski definition) is 0. The van der Waals surface area contributed by atoms with E-state index in [-0.39, 0.29) is 11.9 Å². The molecular formula is C15H15BrO4. The van der Waals surface area contributed by atoms with E-state index in [1.165, 1.54) is 7.11 Å². The Morgan fingerprint density at radius 3 is 2.70 bits per heavy atom. The van der Waals surface area contributed by atoms with Crippen molar-refractivity contribution in [2.75, 3.05) is 7.11 Å². The smallest absolute Gasteiger partial charge is 0.373 e. The van der Waals surface area contributed by atoms with Crippen LogP contribution in [0.15, 0.2) is 39.2 Å². The first kappa shape index (κ1) is 14.7. The SMILES string of the molecule is COC(=O)c1ccc(C(C)Oc2ccc(Br)cc2C)o1. The van der Waals surface area contributed by atoms with Crippen molar-refractivity contribution in [1.82, 2.24) is 0 Å². The molecule has 20 heavy (non-hydrogen) atoms. The number of carbonyl (C=O) groups excluding carboxylic acids is 1. The molecule has 0 saturated carbocycles. The predicted molar refractivity (Wildman–Crippen MR) is 78.0 cm³/mol. The maximum Gasteiger partial charge on any atom is 0.373 e. The van der Waals surface area contributed by atoms with Crippen LogP contribution in [0.25, 0.3) is 0 Å². The Hall–Kier alpha value is -1.75. The van der Waals surface area contributed by atoms with E-state index in [1.807, 2.05) is 32.0 Å². The molecule has 1 atom stereocenters. The molecular weight excluding hydrogens is 324 g/mol. The highest BCUT2D eigenvalue weighted by Gasteiger charge is 2.17. The first-order chi connectivity index (χ1) is 9.51. The molecule has 2 aromatic rings. The van der Waals surface area contributed by atoms with Gasteiger partial charge in [-0.1, -0.05) is 15.9 Å². The van der Waals surface area contributed by atoms with Crippen molar-refractivity contribution in [1.29, 1.82) is 0 Å². The third-order valence-corrected chi connectivity index (χ3v) is 3.35. The summed E-state index contributed by atoms with van der Waals surface area (Å²) in [6.45, 7) is 3.83. The molecule has 0 N–H and O–H groups in total. The maximum absolute atomic E-state index is 11.3. The van der Waals surface area contributed by atoms with E-state index >= 15 is 0 Å². The van der Waals surface area contributed by atoms with Gasteiger partial charge >= 0.3 is 5.97 Å². The third kappa shape index (κ3) is 3.22. The molecule has 0 saturated heterocycles. The van der Waals surface area contributed by atoms with Crippen molar-refractivity contribution < 1.29 is 18.7 Å². The van der Waals surface area contributed by atoms with Crippen LogP contribution in [0.1, 0.15) is 34.9 Å². The zero-order chi connectivity index (χ0) is 14.7. The van der Waals surface area contributed by atoms with Gasteiger partial charge in [-0.05, 0) is 49.7 Å². The van der Waals surface area contributed by atoms with Gasteiger partial charge in [0, 0.05) is 4.47 Å². The fourth-order valence-corrected chi connectivity index (χ4v) is 2.25. The van der Waals surface area contributed by atoms with Crippen LogP contribution in [0.2, 0.25) is 0 Å². The van der Waals surface area contributed by atoms with E-state index in [0.717, 1.165) is 15.8 Å². The molecule has 0 amide bonds. The molecule has 106 valence electrons. The Labute approximate surface area is 125 Å². The Balaban J connectivity index is 2.13. The first-order valence-electron chi connectivity index (χ1n) is 6.12. The topological polar surface area (TPSA) is 48.7 Å². The lowest BCUT2D eigenvalue weighted by Crippen LogP contribution is -2.03. The Kier molecular flexibility index (Phi) is 4.49. The average Bonchev–Trinajstić information content (AvgIpc) is 2.90. The first-order valence-corrected chi connectivity index (χ1v) is 6.91. The van der Waals surface area contributed by atoms with Gasteiger partial charge in [0.15, 0.2) is 6.10 Å². The molecule has 0 bridgehead atoms. The number of methoxy groups -OCH3 is 1. The van der Waals surface area contributed by atoms with Crippen LogP contribution in [0.5, 0.6) is 5.75 Å². The number of aryl methyl sites for hydroxylation is 1. The van der Waals surface area contributed by atoms with Crippen molar-refractivity contribution in [2.45, 2.75) is 20.0 Å². The van der Waals surface area contributed by atoms with Gasteiger partial charge in [-0.15, -0.1) is 0 Å². The van der Waals surface area contributed by atoms with Crippen LogP contribution in [0.3, 0.4) is 0 Å². The summed E-state index contributed by atoms with van der Waals surface area (Å²) in [7, 11) is 1.32. The molecule has 1 unspecified atom stereocenters. The zero-order valence-electron chi connectivity index (χ0n) is 11.5. The van der Waals surface area contributed by atoms with Gasteiger partial charge in [-0.2, -0.15) is 0 Å². The second kappa shape index (κ2) is 6.13. The number of ether oxygens (including phenoxy) is 2. The van der Waals surface area contributed by atoms with Gasteiger partial charge in [0.2, 0.25) is 5.76 Å². The van der Waals surface area contributed by atoms with Gasteiger partial charge in [-0.3, -0.25) is 0 Å². The summed E-state index contributed by atoms with van der Waals surface area (Å²) < 4.78 is 16.9. The highest BCUT2D eigenvalue weighted by atomic mass is 79.9. The van der Waals surface area contributed by atoms with Crippen molar-refractivity contribution in [3.63, 3.8) is 0 Å². The summed E-state index contributed by atoms with van der Waals surface area (Å²) in [5.74, 6) is 1.03. The van der Waals surface area contributed by atoms with E-state index in [0.29, 0.717) is 5.76 Å². The molecule has 4 nitrogen and oxygen atoms in total. The maximum atomic E-state index is 11.3. The van der Waals surface area contributed by atoms with Crippen LogP contribution in [0.4, 0.5) is 0 Å². The average molecular weight is 339 g/mol. The van der Waals surface area contributed by atoms with E-state index in [1.54, 1.807) is 12.1 Å². The fourth-order valence-electron chi connectivity index (χ4n) is 1.78. The number of halogens is 1. The van der Waals surface area contributed by atoms with Gasteiger partial charge in [0.1, 0.15) is 11.5 Å². The van der Waals surface area contributed by atoms with Gasteiger partial charge < -0.3 is 13.9 Å². The standard InChI is InChI=1S/C15H15BrO4/c1-9-8-11(16)4-5-12(9)19-10(2)13-6-7-14(20-13)15(17)18-3/h4-8,10H,1-3H3. The minimum absolute atomic E-state index is 0.172. The van der Waals surface area contributed by atoms with Gasteiger partial charge in [0.25, 0.3) is 0 Å². The lowest BCUT2D eigenvalue weighted by molar-refractivity contribution is 0.0558. The molecule has 1 heterocycles. The zero-order valence-corrected chi connectivity index (χ0v) is 13.1. The molecule has 0 aliphatic heterocycles. The van der Waals surface area contributed by atoms with Gasteiger partial charge in [0.05, 0.1) is 7.11 Å². The summed E-state index contributed by atoms with van der Waals surface area (Å²) in [5, 5.41) is 0. The van der Waals surface area contributed by atoms with Crippen molar-refractivity contribution in [2.24, 2.45) is 0 Å². The van der Waals surface area contributed by atoms with E-state index in [2.05, 4.69) is 20.7 Å². The largest absolute Gasteiger partial charge is 0.483 e. The summed E-state index contributed by atoms with van der Waals surface area (Å²) in [6, 6.07) is 9.07. The second-order valence-electron chi connectivity index (χ2n) is 4.36. The Morgan fingerprint density at radius 2 is 2.05 bits per heavy atom. The van der Waals surface area contributed by atoms with Crippen LogP contribution in [0, 0.1) is 6.92 Å². The molecule has 1 aromatic carbocycles. The molecule has 0 aliphatic rings. The Bertz CT molecular complexity index is 618. The summed E-state index contributed by atoms with van der Waals surface area (Å²) in [5.41, 5.74) is 1.02. The van der Waals surface area contributed by atoms with Crippen LogP contribution < -0.4 is 4.74 Å². The fraction of sp³-hybridized carbons (Fsp3) is 0.267. The highest BCUT2D eigenvalue weighted by molar-refractivity contribution is 9.10. The quantitative estimate of drug-likeness (QED) is 0.780. The monoisotopic (exact) mass is 338 g/mol. The van der Waals surface area contributed by atoms with Crippen molar-refractivity contribution >= 4 is 21.9 Å². The number of carbonyl (C=O) groups is 1. The molecule has 1 aromatic heterocycles.